The lowest BCUT2D eigenvalue weighted by atomic mass is 10.1. The summed E-state index contributed by atoms with van der Waals surface area (Å²) in [5, 5.41) is 3.27. The Morgan fingerprint density at radius 2 is 2.10 bits per heavy atom. The predicted octanol–water partition coefficient (Wildman–Crippen LogP) is 4.51. The standard InChI is InChI=1S/C14H13Br2NO3/c1-8-5-9(14(18)19-2)3-4-12(8)17-7-10-6-11(15)13(16)20-10/h3-6,17H,7H2,1-2H3. The number of rotatable bonds is 4. The minimum Gasteiger partial charge on any atom is -0.465 e. The molecule has 6 heteroatoms. The summed E-state index contributed by atoms with van der Waals surface area (Å²) in [5.74, 6) is 0.471. The lowest BCUT2D eigenvalue weighted by Gasteiger charge is -2.09. The van der Waals surface area contributed by atoms with Crippen molar-refractivity contribution in [3.8, 4) is 0 Å². The predicted molar refractivity (Wildman–Crippen MR) is 84.0 cm³/mol. The molecule has 0 saturated carbocycles. The third-order valence-electron chi connectivity index (χ3n) is 2.80. The van der Waals surface area contributed by atoms with Crippen LogP contribution in [0.2, 0.25) is 0 Å². The fraction of sp³-hybridized carbons (Fsp3) is 0.214. The number of nitrogens with one attached hydrogen (secondary N) is 1. The van der Waals surface area contributed by atoms with Crippen LogP contribution in [-0.2, 0) is 11.3 Å². The van der Waals surface area contributed by atoms with Crippen molar-refractivity contribution in [1.82, 2.24) is 0 Å². The van der Waals surface area contributed by atoms with Gasteiger partial charge in [0.1, 0.15) is 5.76 Å². The van der Waals surface area contributed by atoms with Crippen LogP contribution < -0.4 is 5.32 Å². The van der Waals surface area contributed by atoms with Crippen LogP contribution in [0, 0.1) is 6.92 Å². The molecule has 2 rings (SSSR count). The highest BCUT2D eigenvalue weighted by Gasteiger charge is 2.09. The van der Waals surface area contributed by atoms with E-state index in [4.69, 9.17) is 9.15 Å². The van der Waals surface area contributed by atoms with Crippen LogP contribution in [-0.4, -0.2) is 13.1 Å². The van der Waals surface area contributed by atoms with Gasteiger partial charge in [0, 0.05) is 5.69 Å². The molecule has 2 aromatic rings. The molecule has 0 aliphatic carbocycles. The van der Waals surface area contributed by atoms with E-state index < -0.39 is 0 Å². The molecule has 0 fully saturated rings. The second kappa shape index (κ2) is 6.45. The molecule has 1 aromatic heterocycles. The maximum absolute atomic E-state index is 11.4. The van der Waals surface area contributed by atoms with Gasteiger partial charge >= 0.3 is 5.97 Å². The Hall–Kier alpha value is -1.27. The second-order valence-corrected chi connectivity index (χ2v) is 5.78. The highest BCUT2D eigenvalue weighted by molar-refractivity contribution is 9.13. The van der Waals surface area contributed by atoms with E-state index in [1.807, 2.05) is 19.1 Å². The van der Waals surface area contributed by atoms with Crippen LogP contribution in [0.15, 0.2) is 37.8 Å². The van der Waals surface area contributed by atoms with Crippen LogP contribution >= 0.6 is 31.9 Å². The number of ether oxygens (including phenoxy) is 1. The van der Waals surface area contributed by atoms with Gasteiger partial charge in [-0.15, -0.1) is 0 Å². The summed E-state index contributed by atoms with van der Waals surface area (Å²) in [7, 11) is 1.37. The van der Waals surface area contributed by atoms with Crippen LogP contribution in [0.5, 0.6) is 0 Å². The number of hydrogen-bond acceptors (Lipinski definition) is 4. The Kier molecular flexibility index (Phi) is 4.88. The highest BCUT2D eigenvalue weighted by atomic mass is 79.9. The van der Waals surface area contributed by atoms with Crippen LogP contribution in [0.1, 0.15) is 21.7 Å². The number of aryl methyl sites for hydroxylation is 1. The van der Waals surface area contributed by atoms with Crippen molar-refractivity contribution < 1.29 is 13.9 Å². The molecule has 106 valence electrons. The molecule has 0 amide bonds. The summed E-state index contributed by atoms with van der Waals surface area (Å²) in [6.07, 6.45) is 0. The van der Waals surface area contributed by atoms with Crippen molar-refractivity contribution in [3.63, 3.8) is 0 Å². The summed E-state index contributed by atoms with van der Waals surface area (Å²) in [4.78, 5) is 11.4. The van der Waals surface area contributed by atoms with Gasteiger partial charge in [-0.2, -0.15) is 0 Å². The molecule has 0 saturated heterocycles. The Morgan fingerprint density at radius 3 is 2.65 bits per heavy atom. The maximum Gasteiger partial charge on any atom is 0.337 e. The van der Waals surface area contributed by atoms with Gasteiger partial charge in [0.15, 0.2) is 4.67 Å². The average Bonchev–Trinajstić information content (AvgIpc) is 2.75. The quantitative estimate of drug-likeness (QED) is 0.764. The van der Waals surface area contributed by atoms with Crippen molar-refractivity contribution in [1.29, 1.82) is 0 Å². The van der Waals surface area contributed by atoms with Gasteiger partial charge in [0.25, 0.3) is 0 Å². The zero-order chi connectivity index (χ0) is 14.7. The van der Waals surface area contributed by atoms with E-state index in [0.29, 0.717) is 16.8 Å². The van der Waals surface area contributed by atoms with Gasteiger partial charge < -0.3 is 14.5 Å². The van der Waals surface area contributed by atoms with Crippen molar-refractivity contribution in [2.75, 3.05) is 12.4 Å². The van der Waals surface area contributed by atoms with E-state index in [1.54, 1.807) is 12.1 Å². The van der Waals surface area contributed by atoms with E-state index >= 15 is 0 Å². The van der Waals surface area contributed by atoms with Gasteiger partial charge in [0.05, 0.1) is 23.7 Å². The molecule has 0 aliphatic rings. The normalized spacial score (nSPS) is 10.4. The van der Waals surface area contributed by atoms with Gasteiger partial charge in [0.2, 0.25) is 0 Å². The lowest BCUT2D eigenvalue weighted by Crippen LogP contribution is -2.04. The van der Waals surface area contributed by atoms with Crippen molar-refractivity contribution in [3.05, 3.63) is 50.3 Å². The van der Waals surface area contributed by atoms with Crippen molar-refractivity contribution >= 4 is 43.5 Å². The molecule has 0 aliphatic heterocycles. The first-order chi connectivity index (χ1) is 9.51. The topological polar surface area (TPSA) is 51.5 Å². The minimum atomic E-state index is -0.335. The maximum atomic E-state index is 11.4. The average molecular weight is 403 g/mol. The van der Waals surface area contributed by atoms with Crippen molar-refractivity contribution in [2.24, 2.45) is 0 Å². The van der Waals surface area contributed by atoms with Crippen LogP contribution in [0.25, 0.3) is 0 Å². The number of carbonyl (C=O) groups is 1. The zero-order valence-electron chi connectivity index (χ0n) is 11.0. The van der Waals surface area contributed by atoms with E-state index in [-0.39, 0.29) is 5.97 Å². The van der Waals surface area contributed by atoms with Gasteiger partial charge in [-0.3, -0.25) is 0 Å². The molecule has 1 heterocycles. The van der Waals surface area contributed by atoms with E-state index in [9.17, 15) is 4.79 Å². The molecule has 0 bridgehead atoms. The number of halogens is 2. The van der Waals surface area contributed by atoms with E-state index in [2.05, 4.69) is 37.2 Å². The largest absolute Gasteiger partial charge is 0.465 e. The van der Waals surface area contributed by atoms with E-state index in [1.165, 1.54) is 7.11 Å². The lowest BCUT2D eigenvalue weighted by molar-refractivity contribution is 0.0600. The summed E-state index contributed by atoms with van der Waals surface area (Å²) in [6, 6.07) is 7.28. The molecule has 1 aromatic carbocycles. The number of methoxy groups -OCH3 is 1. The minimum absolute atomic E-state index is 0.335. The molecule has 0 spiro atoms. The fourth-order valence-electron chi connectivity index (χ4n) is 1.77. The number of carbonyl (C=O) groups excluding carboxylic acids is 1. The van der Waals surface area contributed by atoms with E-state index in [0.717, 1.165) is 21.5 Å². The Balaban J connectivity index is 2.08. The fourth-order valence-corrected chi connectivity index (χ4v) is 2.43. The number of anilines is 1. The summed E-state index contributed by atoms with van der Waals surface area (Å²) in [5.41, 5.74) is 2.46. The summed E-state index contributed by atoms with van der Waals surface area (Å²) in [6.45, 7) is 2.49. The molecule has 0 radical (unpaired) electrons. The number of benzene rings is 1. The summed E-state index contributed by atoms with van der Waals surface area (Å²) < 4.78 is 11.7. The van der Waals surface area contributed by atoms with Crippen molar-refractivity contribution in [2.45, 2.75) is 13.5 Å². The van der Waals surface area contributed by atoms with Gasteiger partial charge in [-0.1, -0.05) is 0 Å². The molecule has 1 N–H and O–H groups in total. The third kappa shape index (κ3) is 3.43. The number of hydrogen-bond donors (Lipinski definition) is 1. The second-order valence-electron chi connectivity index (χ2n) is 4.21. The Bertz CT molecular complexity index is 618. The SMILES string of the molecule is COC(=O)c1ccc(NCc2cc(Br)c(Br)o2)c(C)c1. The van der Waals surface area contributed by atoms with Gasteiger partial charge in [-0.25, -0.2) is 4.79 Å². The molecule has 0 unspecified atom stereocenters. The van der Waals surface area contributed by atoms with Crippen LogP contribution in [0.4, 0.5) is 5.69 Å². The molecular weight excluding hydrogens is 390 g/mol. The molecule has 20 heavy (non-hydrogen) atoms. The monoisotopic (exact) mass is 401 g/mol. The van der Waals surface area contributed by atoms with Crippen LogP contribution in [0.3, 0.4) is 0 Å². The smallest absolute Gasteiger partial charge is 0.337 e. The first-order valence-corrected chi connectivity index (χ1v) is 7.46. The number of furan rings is 1. The first-order valence-electron chi connectivity index (χ1n) is 5.88. The molecule has 0 atom stereocenters. The molecular formula is C14H13Br2NO3. The third-order valence-corrected chi connectivity index (χ3v) is 4.51. The Labute approximate surface area is 133 Å². The zero-order valence-corrected chi connectivity index (χ0v) is 14.2. The Morgan fingerprint density at radius 1 is 1.35 bits per heavy atom. The van der Waals surface area contributed by atoms with Gasteiger partial charge in [-0.05, 0) is 68.6 Å². The summed E-state index contributed by atoms with van der Waals surface area (Å²) >= 11 is 6.67. The highest BCUT2D eigenvalue weighted by Crippen LogP contribution is 2.27. The number of esters is 1. The molecule has 4 nitrogen and oxygen atoms in total. The first kappa shape index (κ1) is 15.1.